The van der Waals surface area contributed by atoms with E-state index in [-0.39, 0.29) is 0 Å². The van der Waals surface area contributed by atoms with Crippen LogP contribution in [0, 0.1) is 6.92 Å². The van der Waals surface area contributed by atoms with E-state index in [9.17, 15) is 0 Å². The molecule has 2 aromatic heterocycles. The fraction of sp³-hybridized carbons (Fsp3) is 0.647. The molecule has 0 N–H and O–H groups in total. The van der Waals surface area contributed by atoms with Gasteiger partial charge in [-0.2, -0.15) is 0 Å². The minimum atomic E-state index is 0.648. The summed E-state index contributed by atoms with van der Waals surface area (Å²) < 4.78 is 0. The lowest BCUT2D eigenvalue weighted by Gasteiger charge is -2.35. The minimum Gasteiger partial charge on any atom is -0.353 e. The molecule has 7 heteroatoms. The van der Waals surface area contributed by atoms with Gasteiger partial charge >= 0.3 is 0 Å². The smallest absolute Gasteiger partial charge is 0.208 e. The van der Waals surface area contributed by atoms with Crippen molar-refractivity contribution in [1.29, 1.82) is 0 Å². The molecule has 24 heavy (non-hydrogen) atoms. The Balaban J connectivity index is 1.38. The fourth-order valence-electron chi connectivity index (χ4n) is 3.61. The first-order valence-corrected chi connectivity index (χ1v) is 9.73. The van der Waals surface area contributed by atoms with Crippen molar-refractivity contribution in [1.82, 2.24) is 20.2 Å². The number of nitrogens with zero attached hydrogens (tertiary/aromatic N) is 6. The van der Waals surface area contributed by atoms with Crippen LogP contribution in [0.15, 0.2) is 12.4 Å². The van der Waals surface area contributed by atoms with Gasteiger partial charge in [-0.3, -0.25) is 0 Å². The number of piperazine rings is 1. The van der Waals surface area contributed by atoms with E-state index in [4.69, 9.17) is 0 Å². The largest absolute Gasteiger partial charge is 0.353 e. The molecule has 0 bridgehead atoms. The molecule has 2 fully saturated rings. The summed E-state index contributed by atoms with van der Waals surface area (Å²) in [5.41, 5.74) is 1.02. The van der Waals surface area contributed by atoms with Gasteiger partial charge in [0.05, 0.1) is 0 Å². The predicted octanol–water partition coefficient (Wildman–Crippen LogP) is 3.01. The maximum atomic E-state index is 4.50. The number of aromatic nitrogens is 4. The average molecular weight is 344 g/mol. The first-order valence-electron chi connectivity index (χ1n) is 8.91. The number of anilines is 2. The van der Waals surface area contributed by atoms with Gasteiger partial charge in [-0.15, -0.1) is 10.2 Å². The van der Waals surface area contributed by atoms with E-state index in [0.717, 1.165) is 42.8 Å². The average Bonchev–Trinajstić information content (AvgIpc) is 3.13. The van der Waals surface area contributed by atoms with Crippen molar-refractivity contribution in [2.75, 3.05) is 36.0 Å². The summed E-state index contributed by atoms with van der Waals surface area (Å²) in [4.78, 5) is 13.3. The zero-order chi connectivity index (χ0) is 16.4. The molecular formula is C17H24N6S. The van der Waals surface area contributed by atoms with Crippen LogP contribution in [-0.4, -0.2) is 46.3 Å². The van der Waals surface area contributed by atoms with Crippen LogP contribution >= 0.6 is 11.3 Å². The van der Waals surface area contributed by atoms with Crippen LogP contribution in [0.1, 0.15) is 48.7 Å². The molecule has 2 aliphatic rings. The molecule has 6 nitrogen and oxygen atoms in total. The highest BCUT2D eigenvalue weighted by Gasteiger charge is 2.24. The Morgan fingerprint density at radius 2 is 1.71 bits per heavy atom. The Hall–Kier alpha value is -1.76. The molecular weight excluding hydrogens is 320 g/mol. The third kappa shape index (κ3) is 3.36. The molecule has 4 rings (SSSR count). The monoisotopic (exact) mass is 344 g/mol. The lowest BCUT2D eigenvalue weighted by atomic mass is 9.90. The molecule has 1 aliphatic carbocycles. The van der Waals surface area contributed by atoms with E-state index in [1.807, 2.05) is 6.92 Å². The second kappa shape index (κ2) is 7.01. The molecule has 3 heterocycles. The molecule has 0 aromatic carbocycles. The maximum Gasteiger partial charge on any atom is 0.208 e. The number of hydrogen-bond donors (Lipinski definition) is 0. The van der Waals surface area contributed by atoms with E-state index < -0.39 is 0 Å². The second-order valence-corrected chi connectivity index (χ2v) is 7.74. The van der Waals surface area contributed by atoms with Gasteiger partial charge in [-0.1, -0.05) is 30.6 Å². The van der Waals surface area contributed by atoms with Gasteiger partial charge < -0.3 is 9.80 Å². The Morgan fingerprint density at radius 3 is 2.46 bits per heavy atom. The topological polar surface area (TPSA) is 58.0 Å². The Bertz CT molecular complexity index is 673. The lowest BCUT2D eigenvalue weighted by molar-refractivity contribution is 0.440. The molecule has 0 amide bonds. The third-order valence-electron chi connectivity index (χ3n) is 5.05. The van der Waals surface area contributed by atoms with Crippen molar-refractivity contribution >= 4 is 22.3 Å². The summed E-state index contributed by atoms with van der Waals surface area (Å²) in [6, 6.07) is 2.06. The van der Waals surface area contributed by atoms with Crippen molar-refractivity contribution < 1.29 is 0 Å². The molecule has 0 unspecified atom stereocenters. The van der Waals surface area contributed by atoms with E-state index in [1.54, 1.807) is 17.7 Å². The quantitative estimate of drug-likeness (QED) is 0.853. The molecule has 1 saturated heterocycles. The summed E-state index contributed by atoms with van der Waals surface area (Å²) >= 11 is 1.80. The molecule has 0 radical (unpaired) electrons. The Labute approximate surface area is 146 Å². The number of hydrogen-bond acceptors (Lipinski definition) is 7. The van der Waals surface area contributed by atoms with Gasteiger partial charge in [0.2, 0.25) is 5.13 Å². The zero-order valence-corrected chi connectivity index (χ0v) is 15.0. The summed E-state index contributed by atoms with van der Waals surface area (Å²) in [6.07, 6.45) is 8.29. The van der Waals surface area contributed by atoms with Crippen molar-refractivity contribution in [2.45, 2.75) is 44.9 Å². The van der Waals surface area contributed by atoms with Gasteiger partial charge in [0, 0.05) is 43.9 Å². The van der Waals surface area contributed by atoms with E-state index >= 15 is 0 Å². The van der Waals surface area contributed by atoms with Gasteiger partial charge in [-0.25, -0.2) is 9.97 Å². The van der Waals surface area contributed by atoms with E-state index in [0.29, 0.717) is 5.92 Å². The fourth-order valence-corrected chi connectivity index (χ4v) is 4.67. The molecule has 128 valence electrons. The maximum absolute atomic E-state index is 4.50. The minimum absolute atomic E-state index is 0.648. The standard InChI is InChI=1S/C17H24N6S/c1-13-11-15(19-12-18-13)22-7-9-23(10-8-22)17-21-20-16(24-17)14-5-3-2-4-6-14/h11-12,14H,2-10H2,1H3. The van der Waals surface area contributed by atoms with Crippen LogP contribution in [0.2, 0.25) is 0 Å². The van der Waals surface area contributed by atoms with Crippen molar-refractivity contribution in [3.05, 3.63) is 23.1 Å². The highest BCUT2D eigenvalue weighted by Crippen LogP contribution is 2.36. The van der Waals surface area contributed by atoms with E-state index in [2.05, 4.69) is 36.0 Å². The third-order valence-corrected chi connectivity index (χ3v) is 6.19. The highest BCUT2D eigenvalue weighted by atomic mass is 32.1. The summed E-state index contributed by atoms with van der Waals surface area (Å²) in [6.45, 7) is 5.89. The molecule has 1 saturated carbocycles. The SMILES string of the molecule is Cc1cc(N2CCN(c3nnc(C4CCCCC4)s3)CC2)ncn1. The zero-order valence-electron chi connectivity index (χ0n) is 14.2. The van der Waals surface area contributed by atoms with Gasteiger partial charge in [0.25, 0.3) is 0 Å². The Morgan fingerprint density at radius 1 is 0.958 bits per heavy atom. The van der Waals surface area contributed by atoms with Crippen LogP contribution in [0.3, 0.4) is 0 Å². The van der Waals surface area contributed by atoms with Crippen LogP contribution < -0.4 is 9.80 Å². The first kappa shape index (κ1) is 15.7. The predicted molar refractivity (Wildman–Crippen MR) is 96.9 cm³/mol. The van der Waals surface area contributed by atoms with Crippen LogP contribution in [0.5, 0.6) is 0 Å². The Kier molecular flexibility index (Phi) is 4.60. The van der Waals surface area contributed by atoms with Crippen LogP contribution in [-0.2, 0) is 0 Å². The normalized spacial score (nSPS) is 19.7. The lowest BCUT2D eigenvalue weighted by Crippen LogP contribution is -2.46. The van der Waals surface area contributed by atoms with Crippen molar-refractivity contribution in [3.8, 4) is 0 Å². The van der Waals surface area contributed by atoms with Crippen molar-refractivity contribution in [3.63, 3.8) is 0 Å². The van der Waals surface area contributed by atoms with Gasteiger partial charge in [0.1, 0.15) is 17.2 Å². The molecule has 0 spiro atoms. The first-order chi connectivity index (χ1) is 11.8. The highest BCUT2D eigenvalue weighted by molar-refractivity contribution is 7.15. The number of aryl methyl sites for hydroxylation is 1. The van der Waals surface area contributed by atoms with Gasteiger partial charge in [-0.05, 0) is 19.8 Å². The van der Waals surface area contributed by atoms with Crippen LogP contribution in [0.25, 0.3) is 0 Å². The number of rotatable bonds is 3. The molecule has 2 aromatic rings. The summed E-state index contributed by atoms with van der Waals surface area (Å²) in [5, 5.41) is 11.3. The molecule has 0 atom stereocenters. The second-order valence-electron chi connectivity index (χ2n) is 6.75. The van der Waals surface area contributed by atoms with Crippen LogP contribution in [0.4, 0.5) is 10.9 Å². The van der Waals surface area contributed by atoms with Crippen molar-refractivity contribution in [2.24, 2.45) is 0 Å². The van der Waals surface area contributed by atoms with Gasteiger partial charge in [0.15, 0.2) is 0 Å². The molecule has 1 aliphatic heterocycles. The van der Waals surface area contributed by atoms with E-state index in [1.165, 1.54) is 37.1 Å². The summed E-state index contributed by atoms with van der Waals surface area (Å²) in [5.74, 6) is 1.68. The summed E-state index contributed by atoms with van der Waals surface area (Å²) in [7, 11) is 0.